The summed E-state index contributed by atoms with van der Waals surface area (Å²) in [5, 5.41) is 9.94. The Morgan fingerprint density at radius 2 is 1.71 bits per heavy atom. The molecule has 31 heavy (non-hydrogen) atoms. The molecule has 1 aliphatic rings. The van der Waals surface area contributed by atoms with E-state index in [9.17, 15) is 23.1 Å². The van der Waals surface area contributed by atoms with Crippen molar-refractivity contribution in [1.29, 1.82) is 0 Å². The lowest BCUT2D eigenvalue weighted by molar-refractivity contribution is 0.0980. The Balaban J connectivity index is 1.63. The molecule has 4 rings (SSSR count). The fraction of sp³-hybridized carbons (Fsp3) is 0.130. The van der Waals surface area contributed by atoms with Crippen molar-refractivity contribution in [1.82, 2.24) is 0 Å². The molecule has 8 heteroatoms. The third kappa shape index (κ3) is 4.29. The van der Waals surface area contributed by atoms with Gasteiger partial charge in [-0.2, -0.15) is 0 Å². The molecular formula is C23H20N2O5S. The van der Waals surface area contributed by atoms with E-state index in [0.717, 1.165) is 29.2 Å². The first kappa shape index (κ1) is 20.6. The fourth-order valence-electron chi connectivity index (χ4n) is 3.64. The number of sulfonamides is 1. The van der Waals surface area contributed by atoms with Gasteiger partial charge in [0.05, 0.1) is 11.9 Å². The number of amides is 1. The molecule has 0 atom stereocenters. The van der Waals surface area contributed by atoms with Crippen LogP contribution < -0.4 is 9.62 Å². The van der Waals surface area contributed by atoms with Crippen LogP contribution in [0, 0.1) is 0 Å². The van der Waals surface area contributed by atoms with E-state index in [1.54, 1.807) is 29.2 Å². The third-order valence-corrected chi connectivity index (χ3v) is 5.74. The van der Waals surface area contributed by atoms with Gasteiger partial charge >= 0.3 is 0 Å². The number of benzene rings is 3. The summed E-state index contributed by atoms with van der Waals surface area (Å²) in [7, 11) is -3.58. The van der Waals surface area contributed by atoms with Crippen molar-refractivity contribution in [2.45, 2.75) is 6.42 Å². The molecule has 0 aliphatic carbocycles. The number of carbonyl (C=O) groups is 2. The highest BCUT2D eigenvalue weighted by Gasteiger charge is 2.26. The van der Waals surface area contributed by atoms with Crippen molar-refractivity contribution in [3.8, 4) is 16.9 Å². The van der Waals surface area contributed by atoms with Gasteiger partial charge < -0.3 is 10.0 Å². The Morgan fingerprint density at radius 1 is 1.00 bits per heavy atom. The lowest BCUT2D eigenvalue weighted by atomic mass is 9.93. The van der Waals surface area contributed by atoms with Gasteiger partial charge in [0.1, 0.15) is 12.0 Å². The van der Waals surface area contributed by atoms with Crippen molar-refractivity contribution < 1.29 is 23.1 Å². The second kappa shape index (κ2) is 7.88. The van der Waals surface area contributed by atoms with Crippen LogP contribution >= 0.6 is 0 Å². The maximum absolute atomic E-state index is 13.1. The first-order valence-electron chi connectivity index (χ1n) is 9.56. The minimum absolute atomic E-state index is 0.0210. The zero-order valence-corrected chi connectivity index (χ0v) is 17.5. The minimum Gasteiger partial charge on any atom is -0.506 e. The molecule has 2 N–H and O–H groups in total. The maximum Gasteiger partial charge on any atom is 0.258 e. The summed E-state index contributed by atoms with van der Waals surface area (Å²) >= 11 is 0. The molecule has 0 aromatic heterocycles. The first-order chi connectivity index (χ1) is 14.7. The topological polar surface area (TPSA) is 104 Å². The van der Waals surface area contributed by atoms with E-state index in [-0.39, 0.29) is 17.3 Å². The highest BCUT2D eigenvalue weighted by Crippen LogP contribution is 2.33. The Morgan fingerprint density at radius 3 is 2.39 bits per heavy atom. The highest BCUT2D eigenvalue weighted by atomic mass is 32.2. The first-order valence-corrected chi connectivity index (χ1v) is 11.5. The van der Waals surface area contributed by atoms with E-state index >= 15 is 0 Å². The third-order valence-electron chi connectivity index (χ3n) is 5.15. The number of rotatable bonds is 5. The van der Waals surface area contributed by atoms with E-state index in [4.69, 9.17) is 0 Å². The molecule has 1 aliphatic heterocycles. The van der Waals surface area contributed by atoms with Crippen LogP contribution in [0.2, 0.25) is 0 Å². The second-order valence-corrected chi connectivity index (χ2v) is 9.14. The van der Waals surface area contributed by atoms with Crippen molar-refractivity contribution in [3.05, 3.63) is 77.4 Å². The maximum atomic E-state index is 13.1. The van der Waals surface area contributed by atoms with Crippen molar-refractivity contribution in [2.75, 3.05) is 22.4 Å². The zero-order chi connectivity index (χ0) is 22.2. The number of nitrogens with zero attached hydrogens (tertiary/aromatic N) is 1. The lowest BCUT2D eigenvalue weighted by Gasteiger charge is -2.29. The number of fused-ring (bicyclic) bond motifs is 1. The number of nitrogens with one attached hydrogen (secondary N) is 1. The SMILES string of the molecule is CS(=O)(=O)Nc1cc(N2CCc3cc(-c4ccc(C=O)cc4)ccc3C2=O)ccc1O. The molecule has 0 spiro atoms. The molecule has 7 nitrogen and oxygen atoms in total. The average molecular weight is 436 g/mol. The summed E-state index contributed by atoms with van der Waals surface area (Å²) in [5.41, 5.74) is 4.53. The average Bonchev–Trinajstić information content (AvgIpc) is 2.74. The van der Waals surface area contributed by atoms with Crippen LogP contribution in [0.15, 0.2) is 60.7 Å². The molecule has 0 unspecified atom stereocenters. The molecule has 0 saturated heterocycles. The van der Waals surface area contributed by atoms with E-state index in [0.29, 0.717) is 29.8 Å². The Labute approximate surface area is 180 Å². The summed E-state index contributed by atoms with van der Waals surface area (Å²) in [6.45, 7) is 0.419. The number of aromatic hydroxyl groups is 1. The van der Waals surface area contributed by atoms with Gasteiger partial charge in [-0.25, -0.2) is 8.42 Å². The normalized spacial score (nSPS) is 13.6. The van der Waals surface area contributed by atoms with Crippen LogP contribution in [-0.4, -0.2) is 38.5 Å². The largest absolute Gasteiger partial charge is 0.506 e. The Hall–Kier alpha value is -3.65. The van der Waals surface area contributed by atoms with E-state index in [2.05, 4.69) is 4.72 Å². The molecule has 3 aromatic rings. The Bertz CT molecular complexity index is 1280. The van der Waals surface area contributed by atoms with Crippen molar-refractivity contribution in [2.24, 2.45) is 0 Å². The summed E-state index contributed by atoms with van der Waals surface area (Å²) in [6, 6.07) is 17.3. The zero-order valence-electron chi connectivity index (χ0n) is 16.7. The van der Waals surface area contributed by atoms with E-state index in [1.165, 1.54) is 12.1 Å². The number of phenolic OH excluding ortho intramolecular Hbond substituents is 1. The molecule has 0 fully saturated rings. The van der Waals surface area contributed by atoms with Gasteiger partial charge in [0, 0.05) is 23.4 Å². The van der Waals surface area contributed by atoms with E-state index < -0.39 is 10.0 Å². The van der Waals surface area contributed by atoms with Gasteiger partial charge in [0.15, 0.2) is 0 Å². The molecular weight excluding hydrogens is 416 g/mol. The van der Waals surface area contributed by atoms with Gasteiger partial charge in [0.25, 0.3) is 5.91 Å². The lowest BCUT2D eigenvalue weighted by Crippen LogP contribution is -2.37. The fourth-order valence-corrected chi connectivity index (χ4v) is 4.20. The van der Waals surface area contributed by atoms with Crippen LogP contribution in [0.5, 0.6) is 5.75 Å². The molecule has 0 saturated carbocycles. The summed E-state index contributed by atoms with van der Waals surface area (Å²) in [5.74, 6) is -0.413. The number of carbonyl (C=O) groups excluding carboxylic acids is 2. The van der Waals surface area contributed by atoms with Gasteiger partial charge in [-0.3, -0.25) is 14.3 Å². The van der Waals surface area contributed by atoms with E-state index in [1.807, 2.05) is 24.3 Å². The standard InChI is InChI=1S/C23H20N2O5S/c1-31(29,30)24-21-13-19(7-9-22(21)27)25-11-10-18-12-17(6-8-20(18)23(25)28)16-4-2-15(14-26)3-5-16/h2-9,12-14,24,27H,10-11H2,1H3. The van der Waals surface area contributed by atoms with Gasteiger partial charge in [-0.1, -0.05) is 36.4 Å². The molecule has 1 heterocycles. The van der Waals surface area contributed by atoms with Crippen LogP contribution in [0.1, 0.15) is 26.3 Å². The number of phenols is 1. The van der Waals surface area contributed by atoms with Crippen LogP contribution in [0.3, 0.4) is 0 Å². The van der Waals surface area contributed by atoms with Crippen molar-refractivity contribution >= 4 is 33.6 Å². The summed E-state index contributed by atoms with van der Waals surface area (Å²) in [6.07, 6.45) is 2.41. The smallest absolute Gasteiger partial charge is 0.258 e. The number of anilines is 2. The molecule has 0 radical (unpaired) electrons. The molecule has 0 bridgehead atoms. The number of aldehydes is 1. The molecule has 1 amide bonds. The monoisotopic (exact) mass is 436 g/mol. The highest BCUT2D eigenvalue weighted by molar-refractivity contribution is 7.92. The molecule has 158 valence electrons. The van der Waals surface area contributed by atoms with Gasteiger partial charge in [-0.05, 0) is 47.4 Å². The summed E-state index contributed by atoms with van der Waals surface area (Å²) in [4.78, 5) is 25.5. The van der Waals surface area contributed by atoms with Gasteiger partial charge in [0.2, 0.25) is 10.0 Å². The van der Waals surface area contributed by atoms with Crippen molar-refractivity contribution in [3.63, 3.8) is 0 Å². The number of hydrogen-bond donors (Lipinski definition) is 2. The number of hydrogen-bond acceptors (Lipinski definition) is 5. The predicted molar refractivity (Wildman–Crippen MR) is 119 cm³/mol. The van der Waals surface area contributed by atoms with Crippen LogP contribution in [0.25, 0.3) is 11.1 Å². The minimum atomic E-state index is -3.58. The molecule has 3 aromatic carbocycles. The Kier molecular flexibility index (Phi) is 5.24. The quantitative estimate of drug-likeness (QED) is 0.471. The predicted octanol–water partition coefficient (Wildman–Crippen LogP) is 3.45. The summed E-state index contributed by atoms with van der Waals surface area (Å²) < 4.78 is 25.3. The van der Waals surface area contributed by atoms with Crippen LogP contribution in [-0.2, 0) is 16.4 Å². The van der Waals surface area contributed by atoms with Crippen LogP contribution in [0.4, 0.5) is 11.4 Å². The second-order valence-electron chi connectivity index (χ2n) is 7.39. The van der Waals surface area contributed by atoms with Gasteiger partial charge in [-0.15, -0.1) is 0 Å².